The lowest BCUT2D eigenvalue weighted by molar-refractivity contribution is -0.757. The summed E-state index contributed by atoms with van der Waals surface area (Å²) in [4.78, 5) is 64.9. The molecular weight excluding hydrogens is 619 g/mol. The van der Waals surface area contributed by atoms with Crippen LogP contribution in [0, 0.1) is 32.8 Å². The Kier molecular flexibility index (Phi) is 9.16. The minimum Gasteiger partial charge on any atom is -0.456 e. The number of fused-ring (bicyclic) bond motifs is 5. The van der Waals surface area contributed by atoms with E-state index in [1.165, 1.54) is 37.3 Å². The summed E-state index contributed by atoms with van der Waals surface area (Å²) >= 11 is 0. The van der Waals surface area contributed by atoms with Gasteiger partial charge in [-0.15, -0.1) is 10.1 Å². The fourth-order valence-electron chi connectivity index (χ4n) is 8.53. The summed E-state index contributed by atoms with van der Waals surface area (Å²) in [6.07, 6.45) is 1.95. The molecule has 8 atom stereocenters. The Balaban J connectivity index is 1.19. The van der Waals surface area contributed by atoms with Crippen LogP contribution in [0.2, 0.25) is 0 Å². The number of rotatable bonds is 11. The van der Waals surface area contributed by atoms with Crippen molar-refractivity contribution in [2.24, 2.45) is 22.7 Å². The normalized spacial score (nSPS) is 35.5. The number of alkyl halides is 1. The molecule has 0 unspecified atom stereocenters. The monoisotopic (exact) mass is 658 g/mol. The van der Waals surface area contributed by atoms with Gasteiger partial charge in [-0.1, -0.05) is 30.7 Å². The molecule has 13 nitrogen and oxygen atoms in total. The number of aliphatic hydroxyl groups is 3. The topological polar surface area (TPSA) is 203 Å². The van der Waals surface area contributed by atoms with E-state index in [4.69, 9.17) is 4.74 Å². The molecule has 0 radical (unpaired) electrons. The molecule has 1 amide bonds. The highest BCUT2D eigenvalue weighted by Gasteiger charge is 2.76. The highest BCUT2D eigenvalue weighted by molar-refractivity contribution is 6.01. The van der Waals surface area contributed by atoms with E-state index in [0.29, 0.717) is 24.8 Å². The first-order valence-corrected chi connectivity index (χ1v) is 15.6. The van der Waals surface area contributed by atoms with E-state index in [2.05, 4.69) is 10.2 Å². The largest absolute Gasteiger partial charge is 0.456 e. The maximum Gasteiger partial charge on any atom is 0.325 e. The predicted octanol–water partition coefficient (Wildman–Crippen LogP) is 1.74. The van der Waals surface area contributed by atoms with Crippen LogP contribution < -0.4 is 5.32 Å². The molecule has 1 aromatic rings. The van der Waals surface area contributed by atoms with Gasteiger partial charge >= 0.3 is 5.97 Å². The van der Waals surface area contributed by atoms with Crippen LogP contribution in [0.4, 0.5) is 4.39 Å². The number of benzene rings is 1. The number of hydrogen-bond acceptors (Lipinski definition) is 11. The second-order valence-corrected chi connectivity index (χ2v) is 13.4. The predicted molar refractivity (Wildman–Crippen MR) is 161 cm³/mol. The number of halogens is 1. The van der Waals surface area contributed by atoms with E-state index in [9.17, 15) is 44.6 Å². The number of nitrogens with zero attached hydrogens (tertiary/aromatic N) is 1. The third kappa shape index (κ3) is 5.65. The summed E-state index contributed by atoms with van der Waals surface area (Å²) in [5.41, 5.74) is -5.78. The highest BCUT2D eigenvalue weighted by Crippen LogP contribution is 2.69. The van der Waals surface area contributed by atoms with E-state index < -0.39 is 82.0 Å². The lowest BCUT2D eigenvalue weighted by atomic mass is 9.44. The lowest BCUT2D eigenvalue weighted by Gasteiger charge is -2.62. The number of ether oxygens (including phenoxy) is 1. The number of esters is 1. The quantitative estimate of drug-likeness (QED) is 0.117. The van der Waals surface area contributed by atoms with E-state index in [1.54, 1.807) is 19.1 Å². The van der Waals surface area contributed by atoms with E-state index >= 15 is 4.39 Å². The Hall–Kier alpha value is -4.01. The number of aliphatic hydroxyl groups excluding tert-OH is 2. The molecule has 0 spiro atoms. The molecule has 1 aromatic carbocycles. The zero-order chi connectivity index (χ0) is 34.4. The van der Waals surface area contributed by atoms with Crippen molar-refractivity contribution in [3.05, 3.63) is 69.3 Å². The fourth-order valence-corrected chi connectivity index (χ4v) is 8.53. The lowest BCUT2D eigenvalue weighted by Crippen LogP contribution is -2.69. The smallest absolute Gasteiger partial charge is 0.325 e. The maximum atomic E-state index is 17.2. The van der Waals surface area contributed by atoms with Crippen LogP contribution in [0.5, 0.6) is 0 Å². The molecule has 5 rings (SSSR count). The number of aryl methyl sites for hydroxylation is 1. The summed E-state index contributed by atoms with van der Waals surface area (Å²) in [6.45, 7) is 1.60. The zero-order valence-corrected chi connectivity index (χ0v) is 26.1. The number of nitrogens with one attached hydrogen (secondary N) is 1. The van der Waals surface area contributed by atoms with Crippen LogP contribution in [0.25, 0.3) is 0 Å². The molecule has 0 bridgehead atoms. The first kappa shape index (κ1) is 34.3. The number of hydrogen-bond donors (Lipinski definition) is 4. The average Bonchev–Trinajstić information content (AvgIpc) is 3.23. The van der Waals surface area contributed by atoms with Crippen molar-refractivity contribution < 1.29 is 53.5 Å². The van der Waals surface area contributed by atoms with Crippen LogP contribution in [-0.4, -0.2) is 87.1 Å². The maximum absolute atomic E-state index is 17.2. The SMILES string of the molecule is C[C@]12C=CC(=O)C=C1CC[C@H]1[C@@H]3C[C@@H](O)[C@](O)(C(=O)COC(=O)CNC(=O)c4ccc(CCCO[N+](=O)[O-])cc4)[C@@]3(C)C[C@H](O)[C@@]12F. The summed E-state index contributed by atoms with van der Waals surface area (Å²) in [6, 6.07) is 6.34. The van der Waals surface area contributed by atoms with Gasteiger partial charge < -0.3 is 30.2 Å². The second-order valence-electron chi connectivity index (χ2n) is 13.4. The third-order valence-corrected chi connectivity index (χ3v) is 11.1. The van der Waals surface area contributed by atoms with Gasteiger partial charge in [0.2, 0.25) is 5.78 Å². The van der Waals surface area contributed by atoms with Gasteiger partial charge in [0.15, 0.2) is 23.7 Å². The molecule has 3 saturated carbocycles. The molecule has 4 aliphatic carbocycles. The second kappa shape index (κ2) is 12.5. The minimum atomic E-state index is -2.45. The first-order valence-electron chi connectivity index (χ1n) is 15.6. The average molecular weight is 659 g/mol. The third-order valence-electron chi connectivity index (χ3n) is 11.1. The van der Waals surface area contributed by atoms with Crippen molar-refractivity contribution in [2.75, 3.05) is 19.8 Å². The molecule has 254 valence electrons. The van der Waals surface area contributed by atoms with Crippen LogP contribution >= 0.6 is 0 Å². The van der Waals surface area contributed by atoms with Crippen LogP contribution in [0.15, 0.2) is 48.1 Å². The van der Waals surface area contributed by atoms with Gasteiger partial charge in [0.25, 0.3) is 11.0 Å². The Labute approximate surface area is 269 Å². The fraction of sp³-hybridized carbons (Fsp3) is 0.576. The number of ketones is 2. The molecule has 4 N–H and O–H groups in total. The molecule has 14 heteroatoms. The van der Waals surface area contributed by atoms with Crippen molar-refractivity contribution in [2.45, 2.75) is 75.9 Å². The van der Waals surface area contributed by atoms with Gasteiger partial charge in [0.05, 0.1) is 18.8 Å². The first-order chi connectivity index (χ1) is 22.1. The van der Waals surface area contributed by atoms with Crippen molar-refractivity contribution in [1.29, 1.82) is 0 Å². The van der Waals surface area contributed by atoms with Gasteiger partial charge in [-0.3, -0.25) is 19.2 Å². The Morgan fingerprint density at radius 2 is 1.83 bits per heavy atom. The van der Waals surface area contributed by atoms with Gasteiger partial charge in [-0.25, -0.2) is 4.39 Å². The molecule has 4 aliphatic rings. The van der Waals surface area contributed by atoms with Gasteiger partial charge in [-0.2, -0.15) is 0 Å². The number of Topliss-reactive ketones (excluding diaryl/α,β-unsaturated/α-hetero) is 1. The van der Waals surface area contributed by atoms with E-state index in [-0.39, 0.29) is 37.2 Å². The number of carbonyl (C=O) groups is 4. The van der Waals surface area contributed by atoms with Crippen molar-refractivity contribution >= 4 is 23.4 Å². The van der Waals surface area contributed by atoms with Gasteiger partial charge in [0, 0.05) is 22.3 Å². The highest BCUT2D eigenvalue weighted by atomic mass is 19.1. The van der Waals surface area contributed by atoms with E-state index in [1.807, 2.05) is 0 Å². The minimum absolute atomic E-state index is 0.0588. The van der Waals surface area contributed by atoms with Gasteiger partial charge in [-0.05, 0) is 81.2 Å². The molecule has 3 fully saturated rings. The Morgan fingerprint density at radius 1 is 1.13 bits per heavy atom. The van der Waals surface area contributed by atoms with Gasteiger partial charge in [0.1, 0.15) is 6.54 Å². The van der Waals surface area contributed by atoms with Crippen molar-refractivity contribution in [3.63, 3.8) is 0 Å². The van der Waals surface area contributed by atoms with E-state index in [0.717, 1.165) is 5.56 Å². The zero-order valence-electron chi connectivity index (χ0n) is 26.1. The van der Waals surface area contributed by atoms with Crippen molar-refractivity contribution in [3.8, 4) is 0 Å². The van der Waals surface area contributed by atoms with Crippen LogP contribution in [0.3, 0.4) is 0 Å². The Bertz CT molecular complexity index is 1530. The molecule has 0 aliphatic heterocycles. The standard InChI is InChI=1S/C33H39FN2O11/c1-30-12-11-22(37)14-21(30)9-10-23-24-15-25(38)33(43,31(24,2)16-26(39)32(23,30)34)27(40)18-46-28(41)17-35-29(42)20-7-5-19(6-8-20)4-3-13-47-36(44)45/h5-8,11-12,14,23-26,38-39,43H,3-4,9-10,13,15-18H2,1-2H3,(H,35,42)/t23-,24-,25+,26-,30-,31-,32-,33-/m0/s1. The van der Waals surface area contributed by atoms with Crippen molar-refractivity contribution in [1.82, 2.24) is 5.32 Å². The molecule has 0 saturated heterocycles. The number of allylic oxidation sites excluding steroid dienone is 4. The molecule has 0 aromatic heterocycles. The Morgan fingerprint density at radius 3 is 2.51 bits per heavy atom. The number of amides is 1. The summed E-state index contributed by atoms with van der Waals surface area (Å²) in [5, 5.41) is 46.0. The van der Waals surface area contributed by atoms with Crippen LogP contribution in [-0.2, 0) is 30.4 Å². The number of carbonyl (C=O) groups excluding carboxylic acids is 4. The molecule has 47 heavy (non-hydrogen) atoms. The summed E-state index contributed by atoms with van der Waals surface area (Å²) in [7, 11) is 0. The van der Waals surface area contributed by atoms with Crippen LogP contribution in [0.1, 0.15) is 61.9 Å². The summed E-state index contributed by atoms with van der Waals surface area (Å²) in [5.74, 6) is -4.39. The molecule has 0 heterocycles. The summed E-state index contributed by atoms with van der Waals surface area (Å²) < 4.78 is 22.3. The molecular formula is C33H39FN2O11.